The first-order chi connectivity index (χ1) is 45.5. The van der Waals surface area contributed by atoms with Gasteiger partial charge in [-0.3, -0.25) is 0 Å². The Morgan fingerprint density at radius 3 is 0.719 bits per heavy atom. The summed E-state index contributed by atoms with van der Waals surface area (Å²) in [5, 5.41) is 0. The van der Waals surface area contributed by atoms with Crippen molar-refractivity contribution in [2.75, 3.05) is 105 Å². The van der Waals surface area contributed by atoms with E-state index in [0.29, 0.717) is 26.4 Å². The van der Waals surface area contributed by atoms with Crippen molar-refractivity contribution in [1.29, 1.82) is 0 Å². The molecule has 11 nitrogen and oxygen atoms in total. The lowest BCUT2D eigenvalue weighted by Crippen LogP contribution is -3.00. The number of benzene rings is 4. The summed E-state index contributed by atoms with van der Waals surface area (Å²) in [7, 11) is 0. The van der Waals surface area contributed by atoms with Gasteiger partial charge in [0.2, 0.25) is 0 Å². The van der Waals surface area contributed by atoms with Gasteiger partial charge in [0.05, 0.1) is 128 Å². The molecule has 0 fully saturated rings. The Balaban J connectivity index is 0.00000486. The summed E-state index contributed by atoms with van der Waals surface area (Å²) in [5.41, 5.74) is 15.3. The molecule has 520 valence electrons. The van der Waals surface area contributed by atoms with Crippen molar-refractivity contribution in [2.24, 2.45) is 0 Å². The number of aromatic nitrogens is 4. The number of hydrogen-bond acceptors (Lipinski definition) is 6. The van der Waals surface area contributed by atoms with Crippen LogP contribution >= 0.6 is 0 Å². The molecule has 0 radical (unpaired) electrons. The number of hydrogen-bond donors (Lipinski definition) is 2. The Kier molecular flexibility index (Phi) is 32.0. The molecule has 7 aromatic rings. The molecular weight excluding hydrogens is 1250 g/mol. The maximum Gasteiger partial charge on any atom is 0.119 e. The van der Waals surface area contributed by atoms with Gasteiger partial charge in [-0.1, -0.05) is 107 Å². The van der Waals surface area contributed by atoms with E-state index in [9.17, 15) is 0 Å². The Labute approximate surface area is 595 Å². The first-order valence-electron chi connectivity index (χ1n) is 36.2. The number of unbranched alkanes of at least 4 members (excludes halogenated alkanes) is 8. The number of nitrogens with one attached hydrogen (secondary N) is 2. The lowest BCUT2D eigenvalue weighted by Gasteiger charge is -2.35. The average Bonchev–Trinajstić information content (AvgIpc) is 1.61. The highest BCUT2D eigenvalue weighted by Crippen LogP contribution is 2.40. The summed E-state index contributed by atoms with van der Waals surface area (Å²) >= 11 is 0. The largest absolute Gasteiger partial charge is 1.00 e. The van der Waals surface area contributed by atoms with Crippen LogP contribution in [0.4, 0.5) is 0 Å². The number of nitrogens with zero attached hydrogens (tertiary/aromatic N) is 5. The molecule has 0 saturated carbocycles. The van der Waals surface area contributed by atoms with Crippen molar-refractivity contribution >= 4 is 46.4 Å². The second-order valence-electron chi connectivity index (χ2n) is 25.9. The molecule has 5 heterocycles. The first kappa shape index (κ1) is 78.4. The molecule has 2 N–H and O–H groups in total. The molecule has 14 heteroatoms. The lowest BCUT2D eigenvalue weighted by molar-refractivity contribution is -0.923. The molecule has 2 aliphatic rings. The van der Waals surface area contributed by atoms with Crippen LogP contribution in [0.15, 0.2) is 121 Å². The third kappa shape index (κ3) is 20.1. The molecule has 2 aliphatic heterocycles. The van der Waals surface area contributed by atoms with Gasteiger partial charge in [-0.15, -0.1) is 0 Å². The minimum atomic E-state index is 0. The number of quaternary nitrogens is 3. The van der Waals surface area contributed by atoms with Crippen molar-refractivity contribution in [3.63, 3.8) is 0 Å². The molecule has 0 spiro atoms. The van der Waals surface area contributed by atoms with E-state index < -0.39 is 0 Å². The number of aromatic amines is 2. The van der Waals surface area contributed by atoms with Crippen LogP contribution in [0.5, 0.6) is 23.0 Å². The summed E-state index contributed by atoms with van der Waals surface area (Å²) in [4.78, 5) is 19.2. The summed E-state index contributed by atoms with van der Waals surface area (Å²) in [6, 6.07) is 43.2. The van der Waals surface area contributed by atoms with Crippen LogP contribution in [0.1, 0.15) is 169 Å². The predicted molar refractivity (Wildman–Crippen MR) is 394 cm³/mol. The molecule has 0 aliphatic carbocycles. The summed E-state index contributed by atoms with van der Waals surface area (Å²) in [5.74, 6) is 3.46. The van der Waals surface area contributed by atoms with E-state index in [1.165, 1.54) is 51.4 Å². The van der Waals surface area contributed by atoms with Gasteiger partial charge >= 0.3 is 0 Å². The van der Waals surface area contributed by atoms with Crippen molar-refractivity contribution in [3.05, 3.63) is 144 Å². The molecule has 0 saturated heterocycles. The van der Waals surface area contributed by atoms with Crippen LogP contribution in [0.3, 0.4) is 0 Å². The highest BCUT2D eigenvalue weighted by molar-refractivity contribution is 6.00. The SMILES string of the molecule is CCCCCCCCCCCOc1ccc(-c2c3nc(c(-c4ccc(OCCC[N+](CC)(CC)CC)cc4)c4ccc([nH]4)c(-c4ccc(OCCC[N+](CC)(CC)CC)cc4)c4nc(c(-c5ccc(OCCC[N+](CC)(CC)CC)cc5)c5ccc2[nH]5)C=C4)C=C3)cc1.[Cl-].[Cl-].[Cl-]. The normalized spacial score (nSPS) is 12.1. The molecule has 3 aromatic heterocycles. The fourth-order valence-corrected chi connectivity index (χ4v) is 14.1. The molecule has 4 aromatic carbocycles. The van der Waals surface area contributed by atoms with E-state index in [2.05, 4.69) is 225 Å². The van der Waals surface area contributed by atoms with Crippen LogP contribution in [-0.4, -0.2) is 138 Å². The van der Waals surface area contributed by atoms with Gasteiger partial charge in [0.15, 0.2) is 0 Å². The highest BCUT2D eigenvalue weighted by atomic mass is 35.5. The van der Waals surface area contributed by atoms with Gasteiger partial charge in [0, 0.05) is 63.6 Å². The van der Waals surface area contributed by atoms with Gasteiger partial charge in [-0.25, -0.2) is 9.97 Å². The summed E-state index contributed by atoms with van der Waals surface area (Å²) in [6.45, 7) is 39.3. The lowest BCUT2D eigenvalue weighted by atomic mass is 10.0. The quantitative estimate of drug-likeness (QED) is 0.0295. The zero-order valence-electron chi connectivity index (χ0n) is 59.7. The van der Waals surface area contributed by atoms with Crippen LogP contribution in [-0.2, 0) is 0 Å². The van der Waals surface area contributed by atoms with Crippen molar-refractivity contribution < 1.29 is 69.6 Å². The van der Waals surface area contributed by atoms with Crippen LogP contribution in [0.2, 0.25) is 0 Å². The topological polar surface area (TPSA) is 94.3 Å². The molecule has 96 heavy (non-hydrogen) atoms. The zero-order chi connectivity index (χ0) is 65.5. The number of fused-ring (bicyclic) bond motifs is 8. The van der Waals surface area contributed by atoms with Crippen LogP contribution < -0.4 is 56.2 Å². The fraction of sp³-hybridized carbons (Fsp3) is 0.463. The van der Waals surface area contributed by atoms with Gasteiger partial charge in [-0.05, 0) is 188 Å². The second kappa shape index (κ2) is 39.1. The molecule has 0 atom stereocenters. The average molecular weight is 1370 g/mol. The van der Waals surface area contributed by atoms with Crippen LogP contribution in [0, 0.1) is 0 Å². The van der Waals surface area contributed by atoms with Gasteiger partial charge in [0.1, 0.15) is 23.0 Å². The Morgan fingerprint density at radius 1 is 0.271 bits per heavy atom. The number of rotatable bonds is 39. The number of H-pyrrole nitrogens is 2. The number of halogens is 3. The predicted octanol–water partition coefficient (Wildman–Crippen LogP) is 11.2. The number of ether oxygens (including phenoxy) is 4. The van der Waals surface area contributed by atoms with E-state index in [4.69, 9.17) is 28.9 Å². The van der Waals surface area contributed by atoms with Crippen LogP contribution in [0.25, 0.3) is 90.9 Å². The van der Waals surface area contributed by atoms with Crippen molar-refractivity contribution in [2.45, 2.75) is 146 Å². The maximum atomic E-state index is 6.47. The summed E-state index contributed by atoms with van der Waals surface area (Å²) in [6.07, 6.45) is 23.2. The standard InChI is InChI=1S/C82H112N7O4.3ClH/c1-11-21-22-23-24-25-26-27-28-59-90-67-40-32-63(33-41-67)79-71-48-50-73(83-71)80(64-34-42-68(43-35-64)91-60-29-56-87(12-2,13-3)14-4)75-52-54-77(85-75)82(66-38-46-70(47-39-66)93-62-31-58-89(18-8,19-9)20-10)78-55-53-76(86-78)81(74-51-49-72(79)84-74)65-36-44-69(45-37-65)92-61-30-57-88(15-5,16-6)17-7;;;/h32-55,83,86H,11-31,56-62H2,1-10H3;3*1H/q+3;;;/p-3. The van der Waals surface area contributed by atoms with Gasteiger partial charge < -0.3 is 79.6 Å². The summed E-state index contributed by atoms with van der Waals surface area (Å²) < 4.78 is 29.1. The Bertz CT molecular complexity index is 3590. The minimum absolute atomic E-state index is 0. The minimum Gasteiger partial charge on any atom is -1.00 e. The first-order valence-corrected chi connectivity index (χ1v) is 36.2. The Morgan fingerprint density at radius 2 is 0.490 bits per heavy atom. The highest BCUT2D eigenvalue weighted by Gasteiger charge is 2.24. The fourth-order valence-electron chi connectivity index (χ4n) is 14.1. The van der Waals surface area contributed by atoms with E-state index >= 15 is 0 Å². The van der Waals surface area contributed by atoms with E-state index in [1.807, 2.05) is 0 Å². The third-order valence-corrected chi connectivity index (χ3v) is 21.0. The van der Waals surface area contributed by atoms with Gasteiger partial charge in [0.25, 0.3) is 0 Å². The van der Waals surface area contributed by atoms with E-state index in [-0.39, 0.29) is 37.2 Å². The molecule has 8 bridgehead atoms. The smallest absolute Gasteiger partial charge is 0.119 e. The zero-order valence-corrected chi connectivity index (χ0v) is 61.9. The van der Waals surface area contributed by atoms with Crippen molar-refractivity contribution in [1.82, 2.24) is 19.9 Å². The second-order valence-corrected chi connectivity index (χ2v) is 25.9. The van der Waals surface area contributed by atoms with Crippen molar-refractivity contribution in [3.8, 4) is 67.5 Å². The van der Waals surface area contributed by atoms with Gasteiger partial charge in [-0.2, -0.15) is 0 Å². The third-order valence-electron chi connectivity index (χ3n) is 21.0. The molecule has 0 amide bonds. The molecule has 0 unspecified atom stereocenters. The Hall–Kier alpha value is -6.57. The molecular formula is C82H112Cl3N7O4. The van der Waals surface area contributed by atoms with E-state index in [1.54, 1.807) is 0 Å². The van der Waals surface area contributed by atoms with E-state index in [0.717, 1.165) is 230 Å². The maximum absolute atomic E-state index is 6.47. The monoisotopic (exact) mass is 1360 g/mol. The molecule has 9 rings (SSSR count).